The van der Waals surface area contributed by atoms with Gasteiger partial charge in [-0.25, -0.2) is 0 Å². The lowest BCUT2D eigenvalue weighted by atomic mass is 9.86. The summed E-state index contributed by atoms with van der Waals surface area (Å²) in [6.07, 6.45) is 4.26. The van der Waals surface area contributed by atoms with Crippen LogP contribution in [0.25, 0.3) is 0 Å². The van der Waals surface area contributed by atoms with Gasteiger partial charge in [-0.1, -0.05) is 51.6 Å². The van der Waals surface area contributed by atoms with Crippen molar-refractivity contribution >= 4 is 5.78 Å². The number of methoxy groups -OCH3 is 1. The second-order valence-corrected chi connectivity index (χ2v) is 6.77. The average Bonchev–Trinajstić information content (AvgIpc) is 2.54. The van der Waals surface area contributed by atoms with E-state index in [0.29, 0.717) is 11.3 Å². The Balaban J connectivity index is 2.71. The Morgan fingerprint density at radius 2 is 1.83 bits per heavy atom. The molecule has 0 amide bonds. The van der Waals surface area contributed by atoms with Crippen molar-refractivity contribution in [1.29, 1.82) is 0 Å². The Bertz CT molecular complexity index is 628. The van der Waals surface area contributed by atoms with E-state index in [-0.39, 0.29) is 17.6 Å². The number of allylic oxidation sites excluding steroid dienone is 4. The number of aliphatic hydroxyl groups excluding tert-OH is 1. The Labute approximate surface area is 145 Å². The molecular weight excluding hydrogens is 300 g/mol. The SMILES string of the molecule is C=C(C=CC(=CC)OC)C(=O)CC(O)c1ccc(C(C)(C)C)cc1. The molecule has 0 radical (unpaired) electrons. The molecule has 0 aliphatic heterocycles. The van der Waals surface area contributed by atoms with Crippen LogP contribution >= 0.6 is 0 Å². The zero-order valence-electron chi connectivity index (χ0n) is 15.3. The highest BCUT2D eigenvalue weighted by Gasteiger charge is 2.17. The third-order valence-electron chi connectivity index (χ3n) is 3.87. The largest absolute Gasteiger partial charge is 0.497 e. The van der Waals surface area contributed by atoms with Gasteiger partial charge in [0.1, 0.15) is 5.76 Å². The summed E-state index contributed by atoms with van der Waals surface area (Å²) in [5.41, 5.74) is 2.33. The number of benzene rings is 1. The van der Waals surface area contributed by atoms with Gasteiger partial charge in [0.05, 0.1) is 13.2 Å². The molecule has 1 unspecified atom stereocenters. The molecule has 0 saturated heterocycles. The highest BCUT2D eigenvalue weighted by atomic mass is 16.5. The summed E-state index contributed by atoms with van der Waals surface area (Å²) in [6, 6.07) is 7.74. The van der Waals surface area contributed by atoms with Gasteiger partial charge in [0, 0.05) is 12.0 Å². The van der Waals surface area contributed by atoms with Crippen LogP contribution in [0.4, 0.5) is 0 Å². The average molecular weight is 328 g/mol. The highest BCUT2D eigenvalue weighted by Crippen LogP contribution is 2.25. The second kappa shape index (κ2) is 8.65. The fraction of sp³-hybridized carbons (Fsp3) is 0.381. The van der Waals surface area contributed by atoms with Crippen LogP contribution in [-0.2, 0) is 14.9 Å². The van der Waals surface area contributed by atoms with Gasteiger partial charge in [-0.05, 0) is 41.7 Å². The fourth-order valence-corrected chi connectivity index (χ4v) is 2.19. The van der Waals surface area contributed by atoms with Crippen molar-refractivity contribution in [3.63, 3.8) is 0 Å². The predicted octanol–water partition coefficient (Wildman–Crippen LogP) is 4.64. The van der Waals surface area contributed by atoms with Crippen LogP contribution in [0.5, 0.6) is 0 Å². The molecule has 1 aromatic carbocycles. The van der Waals surface area contributed by atoms with Gasteiger partial charge < -0.3 is 9.84 Å². The van der Waals surface area contributed by atoms with Crippen LogP contribution in [0.1, 0.15) is 51.3 Å². The van der Waals surface area contributed by atoms with E-state index >= 15 is 0 Å². The number of Topliss-reactive ketones (excluding diaryl/α,β-unsaturated/α-hetero) is 1. The van der Waals surface area contributed by atoms with Gasteiger partial charge in [-0.3, -0.25) is 4.79 Å². The summed E-state index contributed by atoms with van der Waals surface area (Å²) in [4.78, 5) is 12.2. The normalized spacial score (nSPS) is 13.8. The summed E-state index contributed by atoms with van der Waals surface area (Å²) in [5.74, 6) is 0.465. The number of aliphatic hydroxyl groups is 1. The highest BCUT2D eigenvalue weighted by molar-refractivity contribution is 5.97. The summed E-state index contributed by atoms with van der Waals surface area (Å²) in [7, 11) is 1.56. The van der Waals surface area contributed by atoms with Crippen LogP contribution in [0.15, 0.2) is 60.4 Å². The molecule has 0 bridgehead atoms. The van der Waals surface area contributed by atoms with E-state index in [4.69, 9.17) is 4.74 Å². The van der Waals surface area contributed by atoms with E-state index in [9.17, 15) is 9.90 Å². The molecule has 0 aromatic heterocycles. The van der Waals surface area contributed by atoms with E-state index in [0.717, 1.165) is 5.56 Å². The summed E-state index contributed by atoms with van der Waals surface area (Å²) in [6.45, 7) is 12.0. The quantitative estimate of drug-likeness (QED) is 0.450. The van der Waals surface area contributed by atoms with Gasteiger partial charge in [0.2, 0.25) is 0 Å². The van der Waals surface area contributed by atoms with Crippen molar-refractivity contribution < 1.29 is 14.6 Å². The first kappa shape index (κ1) is 19.9. The molecule has 130 valence electrons. The standard InChI is InChI=1S/C21H28O3/c1-7-18(24-6)13-8-15(2)19(22)14-20(23)16-9-11-17(12-10-16)21(3,4)5/h7-13,20,23H,2,14H2,1,3-6H3. The van der Waals surface area contributed by atoms with Crippen molar-refractivity contribution in [2.75, 3.05) is 7.11 Å². The number of hydrogen-bond acceptors (Lipinski definition) is 3. The van der Waals surface area contributed by atoms with Crippen molar-refractivity contribution in [1.82, 2.24) is 0 Å². The minimum Gasteiger partial charge on any atom is -0.497 e. The zero-order chi connectivity index (χ0) is 18.3. The maximum atomic E-state index is 12.2. The molecule has 1 atom stereocenters. The zero-order valence-corrected chi connectivity index (χ0v) is 15.3. The number of ether oxygens (including phenoxy) is 1. The minimum atomic E-state index is -0.833. The molecule has 0 aliphatic rings. The third kappa shape index (κ3) is 5.82. The van der Waals surface area contributed by atoms with Crippen molar-refractivity contribution in [3.05, 3.63) is 71.5 Å². The van der Waals surface area contributed by atoms with Crippen LogP contribution in [0.3, 0.4) is 0 Å². The minimum absolute atomic E-state index is 0.0101. The molecule has 0 spiro atoms. The molecule has 0 heterocycles. The first-order valence-corrected chi connectivity index (χ1v) is 8.08. The van der Waals surface area contributed by atoms with Crippen molar-refractivity contribution in [2.45, 2.75) is 45.6 Å². The Morgan fingerprint density at radius 1 is 1.25 bits per heavy atom. The van der Waals surface area contributed by atoms with E-state index in [2.05, 4.69) is 27.4 Å². The molecule has 0 saturated carbocycles. The van der Waals surface area contributed by atoms with E-state index < -0.39 is 6.10 Å². The monoisotopic (exact) mass is 328 g/mol. The van der Waals surface area contributed by atoms with Crippen LogP contribution in [-0.4, -0.2) is 18.0 Å². The summed E-state index contributed by atoms with van der Waals surface area (Å²) >= 11 is 0. The molecule has 1 aromatic rings. The number of carbonyl (C=O) groups excluding carboxylic acids is 1. The third-order valence-corrected chi connectivity index (χ3v) is 3.87. The number of ketones is 1. The number of rotatable bonds is 7. The Kier molecular flexibility index (Phi) is 7.18. The van der Waals surface area contributed by atoms with Gasteiger partial charge >= 0.3 is 0 Å². The fourth-order valence-electron chi connectivity index (χ4n) is 2.19. The lowest BCUT2D eigenvalue weighted by Gasteiger charge is -2.20. The first-order valence-electron chi connectivity index (χ1n) is 8.08. The van der Waals surface area contributed by atoms with E-state index in [1.54, 1.807) is 25.3 Å². The van der Waals surface area contributed by atoms with Crippen LogP contribution < -0.4 is 0 Å². The maximum Gasteiger partial charge on any atom is 0.165 e. The van der Waals surface area contributed by atoms with Crippen LogP contribution in [0.2, 0.25) is 0 Å². The van der Waals surface area contributed by atoms with Gasteiger partial charge in [0.25, 0.3) is 0 Å². The maximum absolute atomic E-state index is 12.2. The molecule has 24 heavy (non-hydrogen) atoms. The van der Waals surface area contributed by atoms with E-state index in [1.165, 1.54) is 5.56 Å². The lowest BCUT2D eigenvalue weighted by molar-refractivity contribution is -0.117. The molecular formula is C21H28O3. The molecule has 1 N–H and O–H groups in total. The number of carbonyl (C=O) groups is 1. The van der Waals surface area contributed by atoms with Gasteiger partial charge in [0.15, 0.2) is 5.78 Å². The molecule has 0 aliphatic carbocycles. The lowest BCUT2D eigenvalue weighted by Crippen LogP contribution is -2.12. The molecule has 3 heteroatoms. The van der Waals surface area contributed by atoms with Gasteiger partial charge in [-0.2, -0.15) is 0 Å². The predicted molar refractivity (Wildman–Crippen MR) is 98.8 cm³/mol. The Hall–Kier alpha value is -2.13. The molecule has 3 nitrogen and oxygen atoms in total. The summed E-state index contributed by atoms with van der Waals surface area (Å²) < 4.78 is 5.09. The number of hydrogen-bond donors (Lipinski definition) is 1. The van der Waals surface area contributed by atoms with Crippen molar-refractivity contribution in [3.8, 4) is 0 Å². The van der Waals surface area contributed by atoms with Crippen molar-refractivity contribution in [2.24, 2.45) is 0 Å². The Morgan fingerprint density at radius 3 is 2.29 bits per heavy atom. The molecule has 1 rings (SSSR count). The van der Waals surface area contributed by atoms with E-state index in [1.807, 2.05) is 31.2 Å². The first-order chi connectivity index (χ1) is 11.2. The summed E-state index contributed by atoms with van der Waals surface area (Å²) in [5, 5.41) is 10.3. The second-order valence-electron chi connectivity index (χ2n) is 6.77. The van der Waals surface area contributed by atoms with Gasteiger partial charge in [-0.15, -0.1) is 0 Å². The topological polar surface area (TPSA) is 46.5 Å². The smallest absolute Gasteiger partial charge is 0.165 e. The van der Waals surface area contributed by atoms with Crippen LogP contribution in [0, 0.1) is 0 Å². The molecule has 0 fully saturated rings.